The van der Waals surface area contributed by atoms with Crippen LogP contribution in [0.2, 0.25) is 0 Å². The number of piperidine rings is 1. The smallest absolute Gasteiger partial charge is 0.175 e. The van der Waals surface area contributed by atoms with Crippen molar-refractivity contribution in [3.05, 3.63) is 48.2 Å². The molecule has 2 heterocycles. The van der Waals surface area contributed by atoms with Crippen molar-refractivity contribution >= 4 is 38.2 Å². The standard InChI is InChI=1S/C27H32FN5O3S/c1-5-8-25-20-9-6-10-24(30-22-13-16-32(2)18-21(22)28)27(20)31-33(25)15-7-14-29-23-12-11-19(37(4,34)35)17-26(23)36-3/h5-6,8-12,17,21-22,29-30H,13-14,16,18H2,1-4H3/b8-5-/t21-,22+/m0/s1. The van der Waals surface area contributed by atoms with Gasteiger partial charge < -0.3 is 20.3 Å². The molecule has 10 heteroatoms. The van der Waals surface area contributed by atoms with Gasteiger partial charge in [-0.05, 0) is 44.7 Å². The molecule has 1 fully saturated rings. The number of sulfone groups is 1. The number of nitrogens with zero attached hydrogens (tertiary/aromatic N) is 3. The first-order valence-corrected chi connectivity index (χ1v) is 13.9. The van der Waals surface area contributed by atoms with Gasteiger partial charge in [0.2, 0.25) is 0 Å². The van der Waals surface area contributed by atoms with E-state index in [-0.39, 0.29) is 17.5 Å². The van der Waals surface area contributed by atoms with E-state index >= 15 is 0 Å². The molecule has 0 saturated carbocycles. The van der Waals surface area contributed by atoms with Gasteiger partial charge >= 0.3 is 0 Å². The zero-order valence-electron chi connectivity index (χ0n) is 21.5. The Labute approximate surface area is 217 Å². The average Bonchev–Trinajstić information content (AvgIpc) is 3.21. The van der Waals surface area contributed by atoms with Gasteiger partial charge in [0.1, 0.15) is 17.4 Å². The molecular formula is C27H32FN5O3S. The van der Waals surface area contributed by atoms with Crippen molar-refractivity contribution in [3.8, 4) is 17.7 Å². The molecular weight excluding hydrogens is 493 g/mol. The monoisotopic (exact) mass is 525 g/mol. The van der Waals surface area contributed by atoms with E-state index in [1.54, 1.807) is 10.7 Å². The second kappa shape index (κ2) is 11.2. The minimum atomic E-state index is -3.34. The SMILES string of the molecule is C/C=C\c1c2cccc(N[C@@H]3CCN(C)C[C@@H]3F)c2nn1C#CCNc1ccc(S(C)(=O)=O)cc1OC. The van der Waals surface area contributed by atoms with E-state index in [2.05, 4.69) is 22.6 Å². The number of aromatic nitrogens is 2. The molecule has 196 valence electrons. The molecule has 0 spiro atoms. The summed E-state index contributed by atoms with van der Waals surface area (Å²) in [6.45, 7) is 3.46. The number of nitrogens with one attached hydrogen (secondary N) is 2. The molecule has 2 N–H and O–H groups in total. The summed E-state index contributed by atoms with van der Waals surface area (Å²) in [6, 6.07) is 13.3. The summed E-state index contributed by atoms with van der Waals surface area (Å²) in [4.78, 5) is 2.19. The number of fused-ring (bicyclic) bond motifs is 1. The predicted octanol–water partition coefficient (Wildman–Crippen LogP) is 3.86. The van der Waals surface area contributed by atoms with E-state index in [0.717, 1.165) is 41.5 Å². The van der Waals surface area contributed by atoms with Crippen LogP contribution in [-0.2, 0) is 9.84 Å². The fourth-order valence-corrected chi connectivity index (χ4v) is 5.00. The molecule has 0 radical (unpaired) electrons. The number of hydrogen-bond donors (Lipinski definition) is 2. The summed E-state index contributed by atoms with van der Waals surface area (Å²) >= 11 is 0. The number of ether oxygens (including phenoxy) is 1. The second-order valence-corrected chi connectivity index (χ2v) is 11.1. The maximum absolute atomic E-state index is 14.7. The van der Waals surface area contributed by atoms with E-state index < -0.39 is 16.0 Å². The number of anilines is 2. The lowest BCUT2D eigenvalue weighted by molar-refractivity contribution is 0.149. The molecule has 4 rings (SSSR count). The van der Waals surface area contributed by atoms with E-state index in [1.165, 1.54) is 19.2 Å². The fraction of sp³-hybridized carbons (Fsp3) is 0.370. The molecule has 1 saturated heterocycles. The number of hydrogen-bond acceptors (Lipinski definition) is 7. The number of alkyl halides is 1. The van der Waals surface area contributed by atoms with Crippen molar-refractivity contribution < 1.29 is 17.5 Å². The van der Waals surface area contributed by atoms with Crippen LogP contribution in [0.3, 0.4) is 0 Å². The number of allylic oxidation sites excluding steroid dienone is 1. The van der Waals surface area contributed by atoms with E-state index in [9.17, 15) is 12.8 Å². The molecule has 3 aromatic rings. The van der Waals surface area contributed by atoms with Gasteiger partial charge in [-0.15, -0.1) is 0 Å². The molecule has 1 aliphatic rings. The van der Waals surface area contributed by atoms with E-state index in [0.29, 0.717) is 18.0 Å². The van der Waals surface area contributed by atoms with Crippen LogP contribution in [0.5, 0.6) is 5.75 Å². The Morgan fingerprint density at radius 2 is 2.08 bits per heavy atom. The Morgan fingerprint density at radius 1 is 1.27 bits per heavy atom. The summed E-state index contributed by atoms with van der Waals surface area (Å²) in [5.74, 6) is 3.48. The Balaban J connectivity index is 1.57. The van der Waals surface area contributed by atoms with Crippen molar-refractivity contribution in [2.24, 2.45) is 0 Å². The van der Waals surface area contributed by atoms with Gasteiger partial charge in [0, 0.05) is 36.8 Å². The third-order valence-corrected chi connectivity index (χ3v) is 7.41. The Morgan fingerprint density at radius 3 is 2.78 bits per heavy atom. The topological polar surface area (TPSA) is 88.5 Å². The third kappa shape index (κ3) is 6.06. The molecule has 0 unspecified atom stereocenters. The largest absolute Gasteiger partial charge is 0.495 e. The number of methoxy groups -OCH3 is 1. The minimum Gasteiger partial charge on any atom is -0.495 e. The van der Waals surface area contributed by atoms with Crippen LogP contribution < -0.4 is 15.4 Å². The van der Waals surface area contributed by atoms with Crippen molar-refractivity contribution in [1.82, 2.24) is 14.7 Å². The van der Waals surface area contributed by atoms with Crippen LogP contribution in [0.4, 0.5) is 15.8 Å². The lowest BCUT2D eigenvalue weighted by Crippen LogP contribution is -2.46. The summed E-state index contributed by atoms with van der Waals surface area (Å²) in [6.07, 6.45) is 4.79. The molecule has 8 nitrogen and oxygen atoms in total. The molecule has 1 aliphatic heterocycles. The second-order valence-electron chi connectivity index (χ2n) is 9.09. The van der Waals surface area contributed by atoms with E-state index in [1.807, 2.05) is 49.2 Å². The Hall–Kier alpha value is -3.55. The Bertz CT molecular complexity index is 1470. The lowest BCUT2D eigenvalue weighted by Gasteiger charge is -2.33. The molecule has 37 heavy (non-hydrogen) atoms. The van der Waals surface area contributed by atoms with Gasteiger partial charge in [-0.3, -0.25) is 0 Å². The maximum atomic E-state index is 14.7. The highest BCUT2D eigenvalue weighted by Crippen LogP contribution is 2.29. The predicted molar refractivity (Wildman–Crippen MR) is 147 cm³/mol. The number of halogens is 1. The van der Waals surface area contributed by atoms with Crippen molar-refractivity contribution in [1.29, 1.82) is 0 Å². The van der Waals surface area contributed by atoms with Crippen molar-refractivity contribution in [2.45, 2.75) is 30.5 Å². The lowest BCUT2D eigenvalue weighted by atomic mass is 10.0. The summed E-state index contributed by atoms with van der Waals surface area (Å²) < 4.78 is 45.3. The summed E-state index contributed by atoms with van der Waals surface area (Å²) in [5.41, 5.74) is 3.00. The highest BCUT2D eigenvalue weighted by molar-refractivity contribution is 7.90. The molecule has 2 aromatic carbocycles. The van der Waals surface area contributed by atoms with Crippen LogP contribution in [0, 0.1) is 12.0 Å². The first-order valence-electron chi connectivity index (χ1n) is 12.1. The molecule has 1 aromatic heterocycles. The fourth-order valence-electron chi connectivity index (χ4n) is 4.37. The Kier molecular flexibility index (Phi) is 8.05. The van der Waals surface area contributed by atoms with Crippen molar-refractivity contribution in [2.75, 3.05) is 50.7 Å². The highest BCUT2D eigenvalue weighted by Gasteiger charge is 2.28. The van der Waals surface area contributed by atoms with Gasteiger partial charge in [0.15, 0.2) is 9.84 Å². The zero-order valence-corrected chi connectivity index (χ0v) is 22.3. The average molecular weight is 526 g/mol. The van der Waals surface area contributed by atoms with Crippen LogP contribution in [-0.4, -0.2) is 75.4 Å². The van der Waals surface area contributed by atoms with Gasteiger partial charge in [0.25, 0.3) is 0 Å². The van der Waals surface area contributed by atoms with Gasteiger partial charge in [-0.25, -0.2) is 12.8 Å². The van der Waals surface area contributed by atoms with Crippen LogP contribution in [0.15, 0.2) is 47.4 Å². The number of likely N-dealkylation sites (tertiary alicyclic amines) is 1. The molecule has 0 amide bonds. The van der Waals surface area contributed by atoms with Gasteiger partial charge in [0.05, 0.1) is 41.7 Å². The number of benzene rings is 2. The highest BCUT2D eigenvalue weighted by atomic mass is 32.2. The normalized spacial score (nSPS) is 18.5. The zero-order chi connectivity index (χ0) is 26.6. The summed E-state index contributed by atoms with van der Waals surface area (Å²) in [5, 5.41) is 12.2. The minimum absolute atomic E-state index is 0.184. The van der Waals surface area contributed by atoms with Gasteiger partial charge in [-0.1, -0.05) is 24.1 Å². The quantitative estimate of drug-likeness (QED) is 0.453. The molecule has 0 aliphatic carbocycles. The first kappa shape index (κ1) is 26.5. The van der Waals surface area contributed by atoms with E-state index in [4.69, 9.17) is 9.84 Å². The van der Waals surface area contributed by atoms with Crippen LogP contribution in [0.25, 0.3) is 17.0 Å². The van der Waals surface area contributed by atoms with Gasteiger partial charge in [-0.2, -0.15) is 9.78 Å². The first-order chi connectivity index (χ1) is 17.7. The van der Waals surface area contributed by atoms with Crippen LogP contribution in [0.1, 0.15) is 19.0 Å². The molecule has 0 bridgehead atoms. The van der Waals surface area contributed by atoms with Crippen molar-refractivity contribution in [3.63, 3.8) is 0 Å². The van der Waals surface area contributed by atoms with Crippen LogP contribution >= 0.6 is 0 Å². The number of rotatable bonds is 7. The third-order valence-electron chi connectivity index (χ3n) is 6.30. The summed E-state index contributed by atoms with van der Waals surface area (Å²) in [7, 11) is 0.0817. The molecule has 2 atom stereocenters. The maximum Gasteiger partial charge on any atom is 0.175 e.